The molecule has 1 heterocycles. The number of aromatic nitrogens is 3. The fraction of sp³-hybridized carbons (Fsp3) is 0.100. The number of benzene rings is 1. The highest BCUT2D eigenvalue weighted by Crippen LogP contribution is 2.18. The summed E-state index contributed by atoms with van der Waals surface area (Å²) in [6, 6.07) is 7.19. The maximum absolute atomic E-state index is 5.86. The van der Waals surface area contributed by atoms with E-state index in [1.807, 2.05) is 12.1 Å². The third-order valence-corrected chi connectivity index (χ3v) is 2.37. The molecule has 0 radical (unpaired) electrons. The Hall–Kier alpha value is -1.01. The van der Waals surface area contributed by atoms with Crippen LogP contribution >= 0.6 is 48.0 Å². The largest absolute Gasteiger partial charge is 0.368 e. The van der Waals surface area contributed by atoms with Crippen LogP contribution in [0.5, 0.6) is 0 Å². The molecule has 0 atom stereocenters. The molecule has 0 saturated carbocycles. The van der Waals surface area contributed by atoms with Gasteiger partial charge in [-0.1, -0.05) is 17.7 Å². The second kappa shape index (κ2) is 8.22. The van der Waals surface area contributed by atoms with Crippen molar-refractivity contribution in [1.29, 1.82) is 0 Å². The van der Waals surface area contributed by atoms with Crippen molar-refractivity contribution in [2.24, 2.45) is 0 Å². The average molecular weight is 343 g/mol. The summed E-state index contributed by atoms with van der Waals surface area (Å²) in [7, 11) is 0. The Morgan fingerprint density at radius 2 is 1.89 bits per heavy atom. The number of nitrogen functional groups attached to an aromatic ring is 1. The highest BCUT2D eigenvalue weighted by Gasteiger charge is 2.04. The zero-order valence-corrected chi connectivity index (χ0v) is 12.7. The third kappa shape index (κ3) is 5.24. The minimum Gasteiger partial charge on any atom is -0.368 e. The SMILES string of the molecule is Cl.Cl.Nc1nc(CCl)nc(Nc2cccc(Cl)c2)n1. The predicted octanol–water partition coefficient (Wildman–Crippen LogP) is 3.43. The van der Waals surface area contributed by atoms with Gasteiger partial charge in [-0.3, -0.25) is 0 Å². The van der Waals surface area contributed by atoms with E-state index in [1.54, 1.807) is 12.1 Å². The number of nitrogens with two attached hydrogens (primary N) is 1. The molecule has 19 heavy (non-hydrogen) atoms. The van der Waals surface area contributed by atoms with Gasteiger partial charge in [-0.05, 0) is 18.2 Å². The van der Waals surface area contributed by atoms with Crippen molar-refractivity contribution in [3.63, 3.8) is 0 Å². The van der Waals surface area contributed by atoms with Gasteiger partial charge in [0.2, 0.25) is 11.9 Å². The number of alkyl halides is 1. The molecule has 104 valence electrons. The second-order valence-corrected chi connectivity index (χ2v) is 3.91. The second-order valence-electron chi connectivity index (χ2n) is 3.20. The van der Waals surface area contributed by atoms with Crippen LogP contribution < -0.4 is 11.1 Å². The number of anilines is 3. The van der Waals surface area contributed by atoms with Crippen LogP contribution in [0.1, 0.15) is 5.82 Å². The summed E-state index contributed by atoms with van der Waals surface area (Å²) in [6.45, 7) is 0. The van der Waals surface area contributed by atoms with Crippen LogP contribution in [-0.2, 0) is 5.88 Å². The lowest BCUT2D eigenvalue weighted by Crippen LogP contribution is -2.06. The Balaban J connectivity index is 0.00000162. The number of nitrogens with one attached hydrogen (secondary N) is 1. The van der Waals surface area contributed by atoms with Gasteiger partial charge < -0.3 is 11.1 Å². The number of hydrogen-bond donors (Lipinski definition) is 2. The van der Waals surface area contributed by atoms with Crippen molar-refractivity contribution in [3.05, 3.63) is 35.1 Å². The van der Waals surface area contributed by atoms with Crippen LogP contribution in [0.15, 0.2) is 24.3 Å². The van der Waals surface area contributed by atoms with Crippen molar-refractivity contribution in [3.8, 4) is 0 Å². The van der Waals surface area contributed by atoms with E-state index in [0.29, 0.717) is 16.8 Å². The van der Waals surface area contributed by atoms with Gasteiger partial charge in [-0.25, -0.2) is 0 Å². The molecule has 2 rings (SSSR count). The van der Waals surface area contributed by atoms with Crippen LogP contribution in [0.2, 0.25) is 5.02 Å². The van der Waals surface area contributed by atoms with Gasteiger partial charge in [-0.15, -0.1) is 36.4 Å². The molecule has 0 saturated heterocycles. The molecule has 5 nitrogen and oxygen atoms in total. The first-order valence-electron chi connectivity index (χ1n) is 4.76. The predicted molar refractivity (Wildman–Crippen MR) is 83.0 cm³/mol. The summed E-state index contributed by atoms with van der Waals surface area (Å²) in [6.07, 6.45) is 0. The van der Waals surface area contributed by atoms with Gasteiger partial charge >= 0.3 is 0 Å². The molecule has 0 unspecified atom stereocenters. The molecule has 0 bridgehead atoms. The van der Waals surface area contributed by atoms with E-state index in [0.717, 1.165) is 5.69 Å². The zero-order valence-electron chi connectivity index (χ0n) is 9.51. The smallest absolute Gasteiger partial charge is 0.232 e. The first kappa shape index (κ1) is 18.0. The maximum Gasteiger partial charge on any atom is 0.232 e. The molecule has 0 aliphatic heterocycles. The standard InChI is InChI=1S/C10H9Cl2N5.2ClH/c11-5-8-15-9(13)17-10(16-8)14-7-3-1-2-6(12)4-7;;/h1-4H,5H2,(H3,13,14,15,16,17);2*1H. The molecule has 1 aromatic carbocycles. The highest BCUT2D eigenvalue weighted by atomic mass is 35.5. The van der Waals surface area contributed by atoms with Crippen molar-refractivity contribution in [1.82, 2.24) is 15.0 Å². The monoisotopic (exact) mass is 341 g/mol. The van der Waals surface area contributed by atoms with E-state index >= 15 is 0 Å². The molecule has 0 spiro atoms. The summed E-state index contributed by atoms with van der Waals surface area (Å²) >= 11 is 11.5. The summed E-state index contributed by atoms with van der Waals surface area (Å²) in [4.78, 5) is 11.9. The summed E-state index contributed by atoms with van der Waals surface area (Å²) < 4.78 is 0. The Morgan fingerprint density at radius 3 is 2.53 bits per heavy atom. The minimum absolute atomic E-state index is 0. The highest BCUT2D eigenvalue weighted by molar-refractivity contribution is 6.30. The molecule has 2 aromatic rings. The number of nitrogens with zero attached hydrogens (tertiary/aromatic N) is 3. The summed E-state index contributed by atoms with van der Waals surface area (Å²) in [5.41, 5.74) is 6.30. The topological polar surface area (TPSA) is 76.7 Å². The van der Waals surface area contributed by atoms with Crippen LogP contribution in [0, 0.1) is 0 Å². The van der Waals surface area contributed by atoms with E-state index in [9.17, 15) is 0 Å². The Morgan fingerprint density at radius 1 is 1.16 bits per heavy atom. The number of rotatable bonds is 3. The lowest BCUT2D eigenvalue weighted by Gasteiger charge is -2.06. The Kier molecular flexibility index (Phi) is 7.78. The minimum atomic E-state index is 0. The molecule has 0 fully saturated rings. The fourth-order valence-corrected chi connectivity index (χ4v) is 1.56. The molecule has 0 aliphatic carbocycles. The van der Waals surface area contributed by atoms with Crippen molar-refractivity contribution in [2.45, 2.75) is 5.88 Å². The number of hydrogen-bond acceptors (Lipinski definition) is 5. The molecule has 0 amide bonds. The van der Waals surface area contributed by atoms with Gasteiger partial charge in [-0.2, -0.15) is 15.0 Å². The van der Waals surface area contributed by atoms with Crippen LogP contribution in [0.25, 0.3) is 0 Å². The summed E-state index contributed by atoms with van der Waals surface area (Å²) in [5, 5.41) is 3.59. The normalized spacial score (nSPS) is 9.16. The van der Waals surface area contributed by atoms with Gasteiger partial charge in [0.1, 0.15) is 0 Å². The number of halogens is 4. The molecular formula is C10H11Cl4N5. The van der Waals surface area contributed by atoms with Crippen molar-refractivity contribution >= 4 is 65.6 Å². The van der Waals surface area contributed by atoms with E-state index in [1.165, 1.54) is 0 Å². The molecule has 1 aromatic heterocycles. The maximum atomic E-state index is 5.86. The van der Waals surface area contributed by atoms with Gasteiger partial charge in [0.25, 0.3) is 0 Å². The van der Waals surface area contributed by atoms with E-state index in [2.05, 4.69) is 20.3 Å². The zero-order chi connectivity index (χ0) is 12.3. The first-order valence-corrected chi connectivity index (χ1v) is 5.67. The van der Waals surface area contributed by atoms with Gasteiger partial charge in [0.15, 0.2) is 5.82 Å². The molecule has 9 heteroatoms. The lowest BCUT2D eigenvalue weighted by molar-refractivity contribution is 0.979. The Labute approximate surface area is 132 Å². The average Bonchev–Trinajstić information content (AvgIpc) is 2.28. The third-order valence-electron chi connectivity index (χ3n) is 1.90. The van der Waals surface area contributed by atoms with Crippen LogP contribution in [0.3, 0.4) is 0 Å². The lowest BCUT2D eigenvalue weighted by atomic mass is 10.3. The van der Waals surface area contributed by atoms with E-state index in [4.69, 9.17) is 28.9 Å². The Bertz CT molecular complexity index is 537. The van der Waals surface area contributed by atoms with Gasteiger partial charge in [0.05, 0.1) is 5.88 Å². The van der Waals surface area contributed by atoms with E-state index in [-0.39, 0.29) is 36.6 Å². The van der Waals surface area contributed by atoms with Crippen LogP contribution in [-0.4, -0.2) is 15.0 Å². The van der Waals surface area contributed by atoms with Crippen molar-refractivity contribution < 1.29 is 0 Å². The quantitative estimate of drug-likeness (QED) is 0.835. The first-order chi connectivity index (χ1) is 8.17. The van der Waals surface area contributed by atoms with Crippen molar-refractivity contribution in [2.75, 3.05) is 11.1 Å². The van der Waals surface area contributed by atoms with Gasteiger partial charge in [0, 0.05) is 10.7 Å². The van der Waals surface area contributed by atoms with Crippen LogP contribution in [0.4, 0.5) is 17.6 Å². The summed E-state index contributed by atoms with van der Waals surface area (Å²) in [5.74, 6) is 1.07. The molecule has 0 aliphatic rings. The molecular weight excluding hydrogens is 332 g/mol. The fourth-order valence-electron chi connectivity index (χ4n) is 1.25. The van der Waals surface area contributed by atoms with E-state index < -0.39 is 0 Å². The molecule has 3 N–H and O–H groups in total.